The molecule has 2 saturated heterocycles. The maximum Gasteiger partial charge on any atom is 0.227 e. The van der Waals surface area contributed by atoms with E-state index in [9.17, 15) is 9.59 Å². The van der Waals surface area contributed by atoms with Gasteiger partial charge in [-0.2, -0.15) is 0 Å². The van der Waals surface area contributed by atoms with Gasteiger partial charge < -0.3 is 20.3 Å². The lowest BCUT2D eigenvalue weighted by Gasteiger charge is -2.24. The molecule has 138 valence electrons. The first-order valence-electron chi connectivity index (χ1n) is 8.64. The largest absolute Gasteiger partial charge is 0.378 e. The van der Waals surface area contributed by atoms with E-state index in [4.69, 9.17) is 4.74 Å². The number of halogens is 1. The maximum atomic E-state index is 12.2. The molecule has 2 fully saturated rings. The summed E-state index contributed by atoms with van der Waals surface area (Å²) >= 11 is 0. The quantitative estimate of drug-likeness (QED) is 0.832. The highest BCUT2D eigenvalue weighted by Gasteiger charge is 2.22. The van der Waals surface area contributed by atoms with Crippen LogP contribution in [0.5, 0.6) is 0 Å². The van der Waals surface area contributed by atoms with E-state index in [1.54, 1.807) is 0 Å². The van der Waals surface area contributed by atoms with Gasteiger partial charge in [0.15, 0.2) is 0 Å². The van der Waals surface area contributed by atoms with Gasteiger partial charge >= 0.3 is 0 Å². The number of hydrogen-bond donors (Lipinski definition) is 2. The molecule has 0 spiro atoms. The molecule has 7 heteroatoms. The molecule has 2 aliphatic rings. The van der Waals surface area contributed by atoms with Crippen molar-refractivity contribution in [3.05, 3.63) is 29.8 Å². The Morgan fingerprint density at radius 1 is 1.40 bits per heavy atom. The molecular formula is C18H26ClN3O3. The van der Waals surface area contributed by atoms with Crippen molar-refractivity contribution < 1.29 is 14.3 Å². The van der Waals surface area contributed by atoms with Crippen molar-refractivity contribution in [3.63, 3.8) is 0 Å². The smallest absolute Gasteiger partial charge is 0.227 e. The van der Waals surface area contributed by atoms with Crippen LogP contribution in [0.2, 0.25) is 0 Å². The predicted octanol–water partition coefficient (Wildman–Crippen LogP) is 1.79. The Kier molecular flexibility index (Phi) is 7.23. The first-order valence-corrected chi connectivity index (χ1v) is 8.64. The molecule has 0 radical (unpaired) electrons. The zero-order valence-electron chi connectivity index (χ0n) is 14.5. The van der Waals surface area contributed by atoms with E-state index < -0.39 is 0 Å². The zero-order valence-corrected chi connectivity index (χ0v) is 15.3. The van der Waals surface area contributed by atoms with Crippen LogP contribution in [0.25, 0.3) is 0 Å². The third-order valence-corrected chi connectivity index (χ3v) is 4.59. The standard InChI is InChI=1S/C18H25N3O3.ClH/c1-13(20-17(22)11-15-12-24-10-8-19-15)14-4-6-16(7-5-14)21-9-2-3-18(21)23;/h4-7,13,15,19H,2-3,8-12H2,1H3,(H,20,22);1H. The fourth-order valence-corrected chi connectivity index (χ4v) is 3.22. The highest BCUT2D eigenvalue weighted by atomic mass is 35.5. The van der Waals surface area contributed by atoms with Gasteiger partial charge in [0.1, 0.15) is 0 Å². The number of nitrogens with one attached hydrogen (secondary N) is 2. The second kappa shape index (κ2) is 9.17. The van der Waals surface area contributed by atoms with E-state index in [0.29, 0.717) is 26.1 Å². The number of ether oxygens (including phenoxy) is 1. The normalized spacial score (nSPS) is 21.6. The molecule has 0 saturated carbocycles. The van der Waals surface area contributed by atoms with Gasteiger partial charge in [0, 0.05) is 37.7 Å². The Labute approximate surface area is 154 Å². The van der Waals surface area contributed by atoms with Crippen LogP contribution in [0.15, 0.2) is 24.3 Å². The van der Waals surface area contributed by atoms with Crippen LogP contribution < -0.4 is 15.5 Å². The number of anilines is 1. The van der Waals surface area contributed by atoms with E-state index in [0.717, 1.165) is 30.8 Å². The van der Waals surface area contributed by atoms with Crippen molar-refractivity contribution in [2.45, 2.75) is 38.3 Å². The first kappa shape index (κ1) is 19.7. The summed E-state index contributed by atoms with van der Waals surface area (Å²) in [6.45, 7) is 4.85. The van der Waals surface area contributed by atoms with Crippen LogP contribution >= 0.6 is 12.4 Å². The minimum absolute atomic E-state index is 0. The van der Waals surface area contributed by atoms with Crippen molar-refractivity contribution in [3.8, 4) is 0 Å². The monoisotopic (exact) mass is 367 g/mol. The summed E-state index contributed by atoms with van der Waals surface area (Å²) in [7, 11) is 0. The number of carbonyl (C=O) groups excluding carboxylic acids is 2. The van der Waals surface area contributed by atoms with E-state index in [-0.39, 0.29) is 36.3 Å². The van der Waals surface area contributed by atoms with E-state index in [1.807, 2.05) is 36.1 Å². The molecule has 2 heterocycles. The van der Waals surface area contributed by atoms with Crippen LogP contribution in [0.1, 0.15) is 37.8 Å². The van der Waals surface area contributed by atoms with Crippen molar-refractivity contribution in [2.24, 2.45) is 0 Å². The minimum Gasteiger partial charge on any atom is -0.378 e. The fourth-order valence-electron chi connectivity index (χ4n) is 3.22. The molecule has 0 aromatic heterocycles. The number of morpholine rings is 1. The zero-order chi connectivity index (χ0) is 16.9. The first-order chi connectivity index (χ1) is 11.6. The lowest BCUT2D eigenvalue weighted by Crippen LogP contribution is -2.44. The highest BCUT2D eigenvalue weighted by molar-refractivity contribution is 5.95. The molecule has 1 aromatic rings. The number of amides is 2. The van der Waals surface area contributed by atoms with Gasteiger partial charge in [-0.05, 0) is 31.0 Å². The fraction of sp³-hybridized carbons (Fsp3) is 0.556. The number of rotatable bonds is 5. The molecule has 6 nitrogen and oxygen atoms in total. The molecule has 2 N–H and O–H groups in total. The van der Waals surface area contributed by atoms with Crippen LogP contribution in [-0.4, -0.2) is 44.2 Å². The van der Waals surface area contributed by atoms with Gasteiger partial charge in [-0.25, -0.2) is 0 Å². The van der Waals surface area contributed by atoms with Crippen molar-refractivity contribution >= 4 is 29.9 Å². The van der Waals surface area contributed by atoms with Gasteiger partial charge in [0.25, 0.3) is 0 Å². The average Bonchev–Trinajstić information content (AvgIpc) is 3.02. The van der Waals surface area contributed by atoms with Gasteiger partial charge in [-0.1, -0.05) is 12.1 Å². The molecule has 2 unspecified atom stereocenters. The lowest BCUT2D eigenvalue weighted by molar-refractivity contribution is -0.123. The molecule has 3 rings (SSSR count). The second-order valence-corrected chi connectivity index (χ2v) is 6.46. The summed E-state index contributed by atoms with van der Waals surface area (Å²) in [6.07, 6.45) is 1.98. The highest BCUT2D eigenvalue weighted by Crippen LogP contribution is 2.23. The van der Waals surface area contributed by atoms with Crippen molar-refractivity contribution in [1.82, 2.24) is 10.6 Å². The predicted molar refractivity (Wildman–Crippen MR) is 99.1 cm³/mol. The third-order valence-electron chi connectivity index (χ3n) is 4.59. The Balaban J connectivity index is 0.00000225. The van der Waals surface area contributed by atoms with Gasteiger partial charge in [0.2, 0.25) is 11.8 Å². The number of nitrogens with zero attached hydrogens (tertiary/aromatic N) is 1. The SMILES string of the molecule is CC(NC(=O)CC1COCCN1)c1ccc(N2CCCC2=O)cc1.Cl. The van der Waals surface area contributed by atoms with Gasteiger partial charge in [-0.15, -0.1) is 12.4 Å². The minimum atomic E-state index is -0.0645. The second-order valence-electron chi connectivity index (χ2n) is 6.46. The maximum absolute atomic E-state index is 12.2. The number of benzene rings is 1. The number of carbonyl (C=O) groups is 2. The van der Waals surface area contributed by atoms with E-state index in [1.165, 1.54) is 0 Å². The summed E-state index contributed by atoms with van der Waals surface area (Å²) < 4.78 is 5.37. The van der Waals surface area contributed by atoms with Crippen LogP contribution in [0.4, 0.5) is 5.69 Å². The summed E-state index contributed by atoms with van der Waals surface area (Å²) in [5.74, 6) is 0.204. The average molecular weight is 368 g/mol. The Morgan fingerprint density at radius 3 is 2.76 bits per heavy atom. The van der Waals surface area contributed by atoms with Crippen LogP contribution in [-0.2, 0) is 14.3 Å². The van der Waals surface area contributed by atoms with Gasteiger partial charge in [0.05, 0.1) is 19.3 Å². The molecule has 2 atom stereocenters. The van der Waals surface area contributed by atoms with E-state index >= 15 is 0 Å². The van der Waals surface area contributed by atoms with Crippen molar-refractivity contribution in [2.75, 3.05) is 31.2 Å². The van der Waals surface area contributed by atoms with Crippen LogP contribution in [0, 0.1) is 0 Å². The van der Waals surface area contributed by atoms with Gasteiger partial charge in [-0.3, -0.25) is 9.59 Å². The third kappa shape index (κ3) is 5.17. The number of hydrogen-bond acceptors (Lipinski definition) is 4. The summed E-state index contributed by atoms with van der Waals surface area (Å²) in [6, 6.07) is 7.90. The Hall–Kier alpha value is -1.63. The van der Waals surface area contributed by atoms with Crippen molar-refractivity contribution in [1.29, 1.82) is 0 Å². The molecular weight excluding hydrogens is 342 g/mol. The molecule has 0 aliphatic carbocycles. The molecule has 2 aliphatic heterocycles. The Bertz CT molecular complexity index is 588. The summed E-state index contributed by atoms with van der Waals surface area (Å²) in [4.78, 5) is 25.8. The van der Waals surface area contributed by atoms with Crippen LogP contribution in [0.3, 0.4) is 0 Å². The summed E-state index contributed by atoms with van der Waals surface area (Å²) in [5.41, 5.74) is 1.97. The molecule has 1 aromatic carbocycles. The summed E-state index contributed by atoms with van der Waals surface area (Å²) in [5, 5.41) is 6.31. The molecule has 2 amide bonds. The van der Waals surface area contributed by atoms with E-state index in [2.05, 4.69) is 10.6 Å². The molecule has 0 bridgehead atoms. The molecule has 25 heavy (non-hydrogen) atoms. The topological polar surface area (TPSA) is 70.7 Å². The Morgan fingerprint density at radius 2 is 2.16 bits per heavy atom. The lowest BCUT2D eigenvalue weighted by atomic mass is 10.1.